The summed E-state index contributed by atoms with van der Waals surface area (Å²) < 4.78 is 0.641. The van der Waals surface area contributed by atoms with Gasteiger partial charge < -0.3 is 4.90 Å². The van der Waals surface area contributed by atoms with Gasteiger partial charge in [-0.1, -0.05) is 24.0 Å². The molecule has 0 atom stereocenters. The molecule has 3 nitrogen and oxygen atoms in total. The van der Waals surface area contributed by atoms with E-state index in [4.69, 9.17) is 12.2 Å². The maximum absolute atomic E-state index is 11.9. The predicted molar refractivity (Wildman–Crippen MR) is 75.6 cm³/mol. The van der Waals surface area contributed by atoms with Crippen LogP contribution in [0.4, 0.5) is 0 Å². The maximum atomic E-state index is 11.9. The first kappa shape index (κ1) is 12.6. The maximum Gasteiger partial charge on any atom is 0.266 e. The van der Waals surface area contributed by atoms with Gasteiger partial charge in [0.25, 0.3) is 5.91 Å². The molecule has 0 unspecified atom stereocenters. The molecule has 0 aromatic carbocycles. The number of hydrogen-bond donors (Lipinski definition) is 0. The second-order valence-corrected chi connectivity index (χ2v) is 6.05. The van der Waals surface area contributed by atoms with Crippen molar-refractivity contribution in [2.75, 3.05) is 20.6 Å². The molecule has 92 valence electrons. The zero-order valence-electron chi connectivity index (χ0n) is 10.3. The Morgan fingerprint density at radius 3 is 2.65 bits per heavy atom. The number of likely N-dealkylation sites (tertiary alicyclic amines) is 1. The fourth-order valence-corrected chi connectivity index (χ4v) is 3.18. The van der Waals surface area contributed by atoms with Crippen molar-refractivity contribution in [3.63, 3.8) is 0 Å². The Bertz CT molecular complexity index is 440. The van der Waals surface area contributed by atoms with Crippen LogP contribution in [0.3, 0.4) is 0 Å². The van der Waals surface area contributed by atoms with Crippen LogP contribution in [0.15, 0.2) is 22.3 Å². The number of nitrogens with zero attached hydrogens (tertiary/aromatic N) is 2. The largest absolute Gasteiger partial charge is 0.378 e. The average molecular weight is 268 g/mol. The normalized spacial score (nSPS) is 26.4. The van der Waals surface area contributed by atoms with Crippen LogP contribution in [0.5, 0.6) is 0 Å². The van der Waals surface area contributed by atoms with E-state index in [0.717, 1.165) is 23.4 Å². The molecule has 17 heavy (non-hydrogen) atoms. The van der Waals surface area contributed by atoms with Crippen LogP contribution in [0.2, 0.25) is 0 Å². The summed E-state index contributed by atoms with van der Waals surface area (Å²) in [4.78, 5) is 16.5. The lowest BCUT2D eigenvalue weighted by molar-refractivity contribution is -0.121. The molecule has 2 saturated heterocycles. The Morgan fingerprint density at radius 2 is 2.18 bits per heavy atom. The van der Waals surface area contributed by atoms with E-state index < -0.39 is 0 Å². The van der Waals surface area contributed by atoms with Crippen LogP contribution < -0.4 is 0 Å². The van der Waals surface area contributed by atoms with Crippen molar-refractivity contribution in [3.05, 3.63) is 22.3 Å². The van der Waals surface area contributed by atoms with E-state index in [1.54, 1.807) is 7.05 Å². The van der Waals surface area contributed by atoms with Crippen molar-refractivity contribution < 1.29 is 4.79 Å². The molecule has 5 heteroatoms. The monoisotopic (exact) mass is 268 g/mol. The number of allylic oxidation sites excluding steroid dienone is 3. The summed E-state index contributed by atoms with van der Waals surface area (Å²) in [5.74, 6) is 0.0231. The van der Waals surface area contributed by atoms with Gasteiger partial charge in [0.1, 0.15) is 4.32 Å². The smallest absolute Gasteiger partial charge is 0.266 e. The van der Waals surface area contributed by atoms with E-state index in [-0.39, 0.29) is 5.91 Å². The quantitative estimate of drug-likeness (QED) is 0.538. The number of carbonyl (C=O) groups excluding carboxylic acids is 1. The lowest BCUT2D eigenvalue weighted by Crippen LogP contribution is -2.22. The summed E-state index contributed by atoms with van der Waals surface area (Å²) in [6.07, 6.45) is 4.42. The molecule has 2 aliphatic heterocycles. The highest BCUT2D eigenvalue weighted by molar-refractivity contribution is 8.26. The summed E-state index contributed by atoms with van der Waals surface area (Å²) >= 11 is 6.52. The molecule has 0 N–H and O–H groups in total. The molecule has 2 heterocycles. The molecule has 0 bridgehead atoms. The lowest BCUT2D eigenvalue weighted by Gasteiger charge is -2.12. The second-order valence-electron chi connectivity index (χ2n) is 4.41. The zero-order valence-corrected chi connectivity index (χ0v) is 12.0. The van der Waals surface area contributed by atoms with Gasteiger partial charge in [-0.15, -0.1) is 0 Å². The van der Waals surface area contributed by atoms with Gasteiger partial charge in [-0.25, -0.2) is 0 Å². The highest BCUT2D eigenvalue weighted by Gasteiger charge is 2.30. The summed E-state index contributed by atoms with van der Waals surface area (Å²) in [6, 6.07) is 0. The highest BCUT2D eigenvalue weighted by atomic mass is 32.2. The third-order valence-corrected chi connectivity index (χ3v) is 4.79. The summed E-state index contributed by atoms with van der Waals surface area (Å²) in [7, 11) is 3.82. The predicted octanol–water partition coefficient (Wildman–Crippen LogP) is 2.36. The van der Waals surface area contributed by atoms with Crippen molar-refractivity contribution >= 4 is 34.2 Å². The number of rotatable bonds is 1. The van der Waals surface area contributed by atoms with Gasteiger partial charge in [0.2, 0.25) is 0 Å². The van der Waals surface area contributed by atoms with Crippen LogP contribution in [0.25, 0.3) is 0 Å². The van der Waals surface area contributed by atoms with Gasteiger partial charge in [0, 0.05) is 26.3 Å². The number of thioether (sulfide) groups is 1. The Kier molecular flexibility index (Phi) is 3.58. The van der Waals surface area contributed by atoms with Crippen LogP contribution in [0.1, 0.15) is 19.8 Å². The first-order valence-electron chi connectivity index (χ1n) is 5.63. The standard InChI is InChI=1S/C12H16N2OS2/c1-8(7-9-5-4-6-13(9)2)10-11(15)14(3)12(16)17-10/h7H,4-6H2,1-3H3. The van der Waals surface area contributed by atoms with Crippen molar-refractivity contribution in [2.24, 2.45) is 0 Å². The van der Waals surface area contributed by atoms with Gasteiger partial charge >= 0.3 is 0 Å². The van der Waals surface area contributed by atoms with Crippen LogP contribution in [-0.4, -0.2) is 40.7 Å². The molecular weight excluding hydrogens is 252 g/mol. The Balaban J connectivity index is 2.27. The van der Waals surface area contributed by atoms with E-state index in [1.807, 2.05) is 6.92 Å². The van der Waals surface area contributed by atoms with Crippen molar-refractivity contribution in [1.82, 2.24) is 9.80 Å². The van der Waals surface area contributed by atoms with Gasteiger partial charge in [-0.05, 0) is 31.4 Å². The summed E-state index contributed by atoms with van der Waals surface area (Å²) in [5, 5.41) is 0. The van der Waals surface area contributed by atoms with E-state index in [2.05, 4.69) is 18.0 Å². The second kappa shape index (κ2) is 4.82. The Hall–Kier alpha value is -0.810. The van der Waals surface area contributed by atoms with Gasteiger partial charge in [-0.3, -0.25) is 9.69 Å². The number of thiocarbonyl (C=S) groups is 1. The Labute approximate surface area is 112 Å². The Morgan fingerprint density at radius 1 is 1.47 bits per heavy atom. The lowest BCUT2D eigenvalue weighted by atomic mass is 10.2. The van der Waals surface area contributed by atoms with E-state index in [0.29, 0.717) is 4.32 Å². The minimum Gasteiger partial charge on any atom is -0.378 e. The van der Waals surface area contributed by atoms with Crippen LogP contribution >= 0.6 is 24.0 Å². The summed E-state index contributed by atoms with van der Waals surface area (Å²) in [5.41, 5.74) is 2.33. The molecule has 2 rings (SSSR count). The minimum atomic E-state index is 0.0231. The molecule has 1 amide bonds. The van der Waals surface area contributed by atoms with E-state index >= 15 is 0 Å². The van der Waals surface area contributed by atoms with Gasteiger partial charge in [0.05, 0.1) is 4.91 Å². The van der Waals surface area contributed by atoms with Gasteiger partial charge in [-0.2, -0.15) is 0 Å². The molecule has 0 aliphatic carbocycles. The molecule has 0 spiro atoms. The zero-order chi connectivity index (χ0) is 12.6. The molecule has 0 aromatic heterocycles. The summed E-state index contributed by atoms with van der Waals surface area (Å²) in [6.45, 7) is 3.09. The molecule has 0 aromatic rings. The fraction of sp³-hybridized carbons (Fsp3) is 0.500. The SMILES string of the molecule is CC(C=C1CCCN1C)=C1SC(=S)N(C)C1=O. The van der Waals surface area contributed by atoms with E-state index in [9.17, 15) is 4.79 Å². The molecule has 0 saturated carbocycles. The molecule has 2 fully saturated rings. The average Bonchev–Trinajstić information content (AvgIpc) is 2.79. The topological polar surface area (TPSA) is 23.6 Å². The first-order valence-corrected chi connectivity index (χ1v) is 6.85. The fourth-order valence-electron chi connectivity index (χ4n) is 2.01. The number of amides is 1. The van der Waals surface area contributed by atoms with Crippen LogP contribution in [-0.2, 0) is 4.79 Å². The van der Waals surface area contributed by atoms with Gasteiger partial charge in [0.15, 0.2) is 0 Å². The van der Waals surface area contributed by atoms with Crippen molar-refractivity contribution in [3.8, 4) is 0 Å². The molecule has 2 aliphatic rings. The first-order chi connectivity index (χ1) is 8.00. The highest BCUT2D eigenvalue weighted by Crippen LogP contribution is 2.33. The van der Waals surface area contributed by atoms with Crippen LogP contribution in [0, 0.1) is 0 Å². The molecule has 0 radical (unpaired) electrons. The number of carbonyl (C=O) groups is 1. The number of hydrogen-bond acceptors (Lipinski definition) is 4. The molecular formula is C12H16N2OS2. The number of likely N-dealkylation sites (N-methyl/N-ethyl adjacent to an activating group) is 1. The minimum absolute atomic E-state index is 0.0231. The third kappa shape index (κ3) is 2.40. The van der Waals surface area contributed by atoms with Crippen molar-refractivity contribution in [1.29, 1.82) is 0 Å². The van der Waals surface area contributed by atoms with Crippen molar-refractivity contribution in [2.45, 2.75) is 19.8 Å². The van der Waals surface area contributed by atoms with E-state index in [1.165, 1.54) is 28.8 Å². The third-order valence-electron chi connectivity index (χ3n) is 3.12.